The molecular formula is C20H26FN5O4S2+2. The van der Waals surface area contributed by atoms with Crippen LogP contribution >= 0.6 is 11.3 Å². The number of hydrogen-bond acceptors (Lipinski definition) is 6. The lowest BCUT2D eigenvalue weighted by Gasteiger charge is -2.18. The summed E-state index contributed by atoms with van der Waals surface area (Å²) in [5.41, 5.74) is 0.558. The molecule has 2 aliphatic rings. The normalized spacial score (nSPS) is 21.2. The molecule has 0 bridgehead atoms. The van der Waals surface area contributed by atoms with Crippen molar-refractivity contribution in [3.63, 3.8) is 0 Å². The van der Waals surface area contributed by atoms with Crippen molar-refractivity contribution in [2.75, 3.05) is 44.7 Å². The lowest BCUT2D eigenvalue weighted by Crippen LogP contribution is -2.30. The molecular weight excluding hydrogens is 457 g/mol. The Hall–Kier alpha value is -2.25. The first-order valence-corrected chi connectivity index (χ1v) is 12.4. The molecule has 0 spiro atoms. The number of carbonyl (C=O) groups excluding carboxylic acids is 1. The van der Waals surface area contributed by atoms with Crippen molar-refractivity contribution in [2.24, 2.45) is 5.16 Å². The molecule has 9 nitrogen and oxygen atoms in total. The maximum absolute atomic E-state index is 13.3. The number of thiazole rings is 1. The SMILES string of the molecule is O=C(Nc1[nH+]cc(F)s1)/C(=N/O[C@@H]1CC[OH+]C1)c1ccc(S(=O)N2CCCNCC2)cc1. The predicted molar refractivity (Wildman–Crippen MR) is 119 cm³/mol. The Kier molecular flexibility index (Phi) is 7.92. The number of rotatable bonds is 7. The largest absolute Gasteiger partial charge is 0.431 e. The number of oxime groups is 1. The molecule has 172 valence electrons. The summed E-state index contributed by atoms with van der Waals surface area (Å²) < 4.78 is 32.4. The number of aromatic amines is 1. The maximum atomic E-state index is 13.3. The third-order valence-electron chi connectivity index (χ3n) is 5.06. The van der Waals surface area contributed by atoms with E-state index in [4.69, 9.17) is 4.84 Å². The highest BCUT2D eigenvalue weighted by Gasteiger charge is 2.26. The Bertz CT molecular complexity index is 971. The Morgan fingerprint density at radius 3 is 2.91 bits per heavy atom. The molecule has 1 aromatic carbocycles. The smallest absolute Gasteiger partial charge is 0.362 e. The van der Waals surface area contributed by atoms with Gasteiger partial charge >= 0.3 is 11.0 Å². The lowest BCUT2D eigenvalue weighted by atomic mass is 10.1. The Labute approximate surface area is 191 Å². The van der Waals surface area contributed by atoms with Gasteiger partial charge in [0.05, 0.1) is 11.3 Å². The summed E-state index contributed by atoms with van der Waals surface area (Å²) in [4.78, 5) is 21.7. The molecule has 2 aliphatic heterocycles. The summed E-state index contributed by atoms with van der Waals surface area (Å²) in [5, 5.41) is 9.81. The van der Waals surface area contributed by atoms with Gasteiger partial charge in [-0.25, -0.2) is 18.3 Å². The van der Waals surface area contributed by atoms with Gasteiger partial charge in [-0.3, -0.25) is 0 Å². The van der Waals surface area contributed by atoms with Gasteiger partial charge in [-0.2, -0.15) is 9.71 Å². The third-order valence-corrected chi connectivity index (χ3v) is 7.30. The average Bonchev–Trinajstić information content (AvgIpc) is 3.38. The van der Waals surface area contributed by atoms with E-state index >= 15 is 0 Å². The molecule has 0 radical (unpaired) electrons. The van der Waals surface area contributed by atoms with Crippen LogP contribution in [0.25, 0.3) is 0 Å². The van der Waals surface area contributed by atoms with Gasteiger partial charge in [0.1, 0.15) is 23.8 Å². The van der Waals surface area contributed by atoms with Crippen LogP contribution in [-0.2, 0) is 20.6 Å². The maximum Gasteiger partial charge on any atom is 0.362 e. The summed E-state index contributed by atoms with van der Waals surface area (Å²) in [7, 11) is -1.28. The average molecular weight is 484 g/mol. The highest BCUT2D eigenvalue weighted by atomic mass is 32.2. The van der Waals surface area contributed by atoms with Gasteiger partial charge < -0.3 is 14.9 Å². The van der Waals surface area contributed by atoms with E-state index in [1.807, 2.05) is 4.31 Å². The van der Waals surface area contributed by atoms with Crippen LogP contribution in [0.5, 0.6) is 0 Å². The number of H-pyrrole nitrogens is 1. The fraction of sp³-hybridized carbons (Fsp3) is 0.450. The minimum atomic E-state index is -1.28. The number of hydrogen-bond donors (Lipinski definition) is 2. The number of halogens is 1. The highest BCUT2D eigenvalue weighted by Crippen LogP contribution is 2.17. The molecule has 1 amide bonds. The molecule has 2 atom stereocenters. The summed E-state index contributed by atoms with van der Waals surface area (Å²) in [6.07, 6.45) is 2.67. The second-order valence-corrected chi connectivity index (χ2v) is 9.86. The Morgan fingerprint density at radius 2 is 2.19 bits per heavy atom. The number of carbonyl (C=O) groups is 1. The molecule has 1 unspecified atom stereocenters. The number of amides is 1. The fourth-order valence-corrected chi connectivity index (χ4v) is 5.16. The molecule has 32 heavy (non-hydrogen) atoms. The standard InChI is InChI=1S/C20H24FN5O4S2/c21-17-12-23-20(31-17)24-19(27)18(25-30-15-6-11-29-13-15)14-2-4-16(5-3-14)32(28)26-9-1-7-22-8-10-26/h2-5,12,15,22H,1,6-11,13H2,(H,23,24,27)/p+2/b25-18+/t15-,32?/m1/s1. The quantitative estimate of drug-likeness (QED) is 0.343. The number of aromatic nitrogens is 1. The van der Waals surface area contributed by atoms with Crippen LogP contribution in [0.1, 0.15) is 18.4 Å². The minimum absolute atomic E-state index is 0.0513. The summed E-state index contributed by atoms with van der Waals surface area (Å²) in [5.74, 6) is -0.537. The van der Waals surface area contributed by atoms with E-state index in [2.05, 4.69) is 25.5 Å². The van der Waals surface area contributed by atoms with Gasteiger partial charge in [-0.15, -0.1) is 0 Å². The van der Waals surface area contributed by atoms with E-state index < -0.39 is 22.0 Å². The molecule has 0 aliphatic carbocycles. The first-order chi connectivity index (χ1) is 15.6. The third kappa shape index (κ3) is 5.95. The number of aliphatic hydroxyl groups is 2. The number of benzene rings is 1. The zero-order valence-electron chi connectivity index (χ0n) is 17.4. The minimum Gasteiger partial charge on any atom is -0.431 e. The van der Waals surface area contributed by atoms with Crippen molar-refractivity contribution in [1.29, 1.82) is 0 Å². The van der Waals surface area contributed by atoms with Crippen molar-refractivity contribution in [3.8, 4) is 0 Å². The van der Waals surface area contributed by atoms with Crippen molar-refractivity contribution in [2.45, 2.75) is 23.8 Å². The molecule has 0 saturated carbocycles. The first kappa shape index (κ1) is 22.9. The van der Waals surface area contributed by atoms with E-state index in [-0.39, 0.29) is 16.9 Å². The second kappa shape index (κ2) is 11.1. The van der Waals surface area contributed by atoms with Crippen LogP contribution in [0.3, 0.4) is 0 Å². The van der Waals surface area contributed by atoms with Gasteiger partial charge in [0.2, 0.25) is 11.2 Å². The number of anilines is 1. The van der Waals surface area contributed by atoms with Crippen LogP contribution in [-0.4, -0.2) is 70.4 Å². The molecule has 2 saturated heterocycles. The van der Waals surface area contributed by atoms with Crippen molar-refractivity contribution in [1.82, 2.24) is 9.62 Å². The first-order valence-electron chi connectivity index (χ1n) is 10.4. The number of nitrogens with one attached hydrogen (secondary N) is 3. The zero-order valence-corrected chi connectivity index (χ0v) is 19.0. The van der Waals surface area contributed by atoms with E-state index in [9.17, 15) is 13.4 Å². The monoisotopic (exact) mass is 483 g/mol. The van der Waals surface area contributed by atoms with Gasteiger partial charge in [0.15, 0.2) is 12.3 Å². The molecule has 12 heteroatoms. The molecule has 1 aromatic heterocycles. The van der Waals surface area contributed by atoms with E-state index in [1.165, 1.54) is 0 Å². The highest BCUT2D eigenvalue weighted by molar-refractivity contribution is 7.82. The van der Waals surface area contributed by atoms with Gasteiger partial charge in [-0.05, 0) is 36.4 Å². The Morgan fingerprint density at radius 1 is 1.34 bits per heavy atom. The van der Waals surface area contributed by atoms with E-state index in [0.717, 1.165) is 50.0 Å². The zero-order chi connectivity index (χ0) is 22.3. The van der Waals surface area contributed by atoms with Crippen molar-refractivity contribution >= 4 is 39.1 Å². The molecule has 2 fully saturated rings. The molecule has 4 rings (SSSR count). The van der Waals surface area contributed by atoms with Crippen LogP contribution < -0.4 is 15.6 Å². The van der Waals surface area contributed by atoms with Gasteiger partial charge in [0.25, 0.3) is 0 Å². The lowest BCUT2D eigenvalue weighted by molar-refractivity contribution is -0.356. The van der Waals surface area contributed by atoms with Crippen LogP contribution in [0, 0.1) is 5.13 Å². The Balaban J connectivity index is 1.52. The number of ether oxygens (including phenoxy) is 1. The van der Waals surface area contributed by atoms with Crippen molar-refractivity contribution < 1.29 is 28.0 Å². The molecule has 3 heterocycles. The predicted octanol–water partition coefficient (Wildman–Crippen LogP) is 0.679. The van der Waals surface area contributed by atoms with Gasteiger partial charge in [-0.1, -0.05) is 17.3 Å². The van der Waals surface area contributed by atoms with Gasteiger partial charge in [0, 0.05) is 25.2 Å². The second-order valence-electron chi connectivity index (χ2n) is 7.37. The summed E-state index contributed by atoms with van der Waals surface area (Å²) >= 11 is 0.780. The number of nitrogens with zero attached hydrogens (tertiary/aromatic N) is 2. The summed E-state index contributed by atoms with van der Waals surface area (Å²) in [6.45, 7) is 4.41. The van der Waals surface area contributed by atoms with Crippen LogP contribution in [0.4, 0.5) is 9.52 Å². The van der Waals surface area contributed by atoms with Crippen molar-refractivity contribution in [3.05, 3.63) is 41.2 Å². The molecule has 2 aromatic rings. The summed E-state index contributed by atoms with van der Waals surface area (Å²) in [6, 6.07) is 6.86. The van der Waals surface area contributed by atoms with Crippen LogP contribution in [0.2, 0.25) is 0 Å². The fourth-order valence-electron chi connectivity index (χ4n) is 3.37. The molecule has 4 N–H and O–H groups in total. The van der Waals surface area contributed by atoms with E-state index in [1.54, 1.807) is 24.3 Å². The van der Waals surface area contributed by atoms with E-state index in [0.29, 0.717) is 30.2 Å². The topological polar surface area (TPSA) is 110 Å². The van der Waals surface area contributed by atoms with Crippen LogP contribution in [0.15, 0.2) is 40.5 Å².